The van der Waals surface area contributed by atoms with Gasteiger partial charge in [0, 0.05) is 42.7 Å². The Morgan fingerprint density at radius 3 is 3.00 bits per heavy atom. The summed E-state index contributed by atoms with van der Waals surface area (Å²) in [7, 11) is 0. The van der Waals surface area contributed by atoms with E-state index in [0.717, 1.165) is 18.5 Å². The maximum absolute atomic E-state index is 11.6. The molecule has 0 radical (unpaired) electrons. The van der Waals surface area contributed by atoms with E-state index in [1.54, 1.807) is 0 Å². The van der Waals surface area contributed by atoms with Crippen LogP contribution in [0.2, 0.25) is 0 Å². The number of hydrogen-bond acceptors (Lipinski definition) is 2. The van der Waals surface area contributed by atoms with Crippen LogP contribution in [0.1, 0.15) is 12.0 Å². The second kappa shape index (κ2) is 4.46. The van der Waals surface area contributed by atoms with Crippen molar-refractivity contribution >= 4 is 16.8 Å². The Balaban J connectivity index is 1.72. The summed E-state index contributed by atoms with van der Waals surface area (Å²) < 4.78 is 0. The molecule has 1 aliphatic heterocycles. The van der Waals surface area contributed by atoms with Crippen LogP contribution in [0.25, 0.3) is 10.9 Å². The van der Waals surface area contributed by atoms with E-state index in [4.69, 9.17) is 5.73 Å². The molecule has 0 aliphatic carbocycles. The Morgan fingerprint density at radius 1 is 1.39 bits per heavy atom. The maximum atomic E-state index is 11.6. The van der Waals surface area contributed by atoms with Crippen LogP contribution in [0.4, 0.5) is 0 Å². The van der Waals surface area contributed by atoms with Crippen molar-refractivity contribution in [1.82, 2.24) is 9.88 Å². The predicted molar refractivity (Wildman–Crippen MR) is 71.2 cm³/mol. The molecule has 1 aromatic heterocycles. The molecule has 2 aromatic rings. The summed E-state index contributed by atoms with van der Waals surface area (Å²) in [5, 5.41) is 1.24. The highest BCUT2D eigenvalue weighted by Crippen LogP contribution is 2.19. The number of hydrogen-bond donors (Lipinski definition) is 2. The molecule has 2 heterocycles. The number of H-pyrrole nitrogens is 1. The average molecular weight is 243 g/mol. The lowest BCUT2D eigenvalue weighted by Gasteiger charge is -2.15. The third-order valence-corrected chi connectivity index (χ3v) is 3.57. The predicted octanol–water partition coefficient (Wildman–Crippen LogP) is 1.27. The van der Waals surface area contributed by atoms with E-state index in [9.17, 15) is 4.79 Å². The molecule has 1 atom stereocenters. The van der Waals surface area contributed by atoms with Crippen molar-refractivity contribution in [3.05, 3.63) is 36.0 Å². The van der Waals surface area contributed by atoms with Gasteiger partial charge in [-0.1, -0.05) is 18.2 Å². The van der Waals surface area contributed by atoms with Gasteiger partial charge in [0.25, 0.3) is 0 Å². The van der Waals surface area contributed by atoms with Gasteiger partial charge >= 0.3 is 0 Å². The highest BCUT2D eigenvalue weighted by atomic mass is 16.2. The van der Waals surface area contributed by atoms with Gasteiger partial charge in [-0.3, -0.25) is 4.79 Å². The zero-order chi connectivity index (χ0) is 12.5. The first-order valence-corrected chi connectivity index (χ1v) is 6.32. The second-order valence-corrected chi connectivity index (χ2v) is 4.91. The zero-order valence-electron chi connectivity index (χ0n) is 10.2. The molecule has 3 N–H and O–H groups in total. The van der Waals surface area contributed by atoms with Gasteiger partial charge in [-0.15, -0.1) is 0 Å². The summed E-state index contributed by atoms with van der Waals surface area (Å²) in [6.45, 7) is 1.45. The van der Waals surface area contributed by atoms with Crippen molar-refractivity contribution in [2.75, 3.05) is 13.1 Å². The Labute approximate surface area is 106 Å². The van der Waals surface area contributed by atoms with Crippen molar-refractivity contribution in [3.63, 3.8) is 0 Å². The summed E-state index contributed by atoms with van der Waals surface area (Å²) in [6, 6.07) is 8.25. The molecule has 1 unspecified atom stereocenters. The number of benzene rings is 1. The van der Waals surface area contributed by atoms with Crippen LogP contribution < -0.4 is 5.73 Å². The Kier molecular flexibility index (Phi) is 2.80. The first kappa shape index (κ1) is 11.3. The van der Waals surface area contributed by atoms with Gasteiger partial charge in [-0.05, 0) is 18.1 Å². The average Bonchev–Trinajstić information content (AvgIpc) is 2.90. The molecule has 4 heteroatoms. The SMILES string of the molecule is NC1CC(=O)N(CCc2c[nH]c3ccccc23)C1. The Hall–Kier alpha value is -1.81. The molecule has 1 aromatic carbocycles. The minimum Gasteiger partial charge on any atom is -0.361 e. The fourth-order valence-electron chi connectivity index (χ4n) is 2.61. The largest absolute Gasteiger partial charge is 0.361 e. The van der Waals surface area contributed by atoms with Crippen molar-refractivity contribution in [2.24, 2.45) is 5.73 Å². The van der Waals surface area contributed by atoms with Gasteiger partial charge in [0.2, 0.25) is 5.91 Å². The summed E-state index contributed by atoms with van der Waals surface area (Å²) in [6.07, 6.45) is 3.40. The number of aromatic amines is 1. The van der Waals surface area contributed by atoms with Gasteiger partial charge in [0.15, 0.2) is 0 Å². The lowest BCUT2D eigenvalue weighted by atomic mass is 10.1. The number of amides is 1. The van der Waals surface area contributed by atoms with E-state index >= 15 is 0 Å². The first-order valence-electron chi connectivity index (χ1n) is 6.32. The summed E-state index contributed by atoms with van der Waals surface area (Å²) >= 11 is 0. The lowest BCUT2D eigenvalue weighted by molar-refractivity contribution is -0.127. The molecule has 1 aliphatic rings. The molecule has 3 rings (SSSR count). The minimum absolute atomic E-state index is 0.0143. The third-order valence-electron chi connectivity index (χ3n) is 3.57. The van der Waals surface area contributed by atoms with Gasteiger partial charge < -0.3 is 15.6 Å². The van der Waals surface area contributed by atoms with Crippen molar-refractivity contribution in [2.45, 2.75) is 18.9 Å². The van der Waals surface area contributed by atoms with Gasteiger partial charge in [0.05, 0.1) is 0 Å². The van der Waals surface area contributed by atoms with Crippen molar-refractivity contribution < 1.29 is 4.79 Å². The molecule has 4 nitrogen and oxygen atoms in total. The normalized spacial score (nSPS) is 19.9. The topological polar surface area (TPSA) is 62.1 Å². The summed E-state index contributed by atoms with van der Waals surface area (Å²) in [5.74, 6) is 0.183. The highest BCUT2D eigenvalue weighted by Gasteiger charge is 2.26. The van der Waals surface area contributed by atoms with Crippen LogP contribution in [0.3, 0.4) is 0 Å². The molecule has 1 amide bonds. The molecule has 0 saturated carbocycles. The van der Waals surface area contributed by atoms with E-state index < -0.39 is 0 Å². The molecule has 18 heavy (non-hydrogen) atoms. The number of carbonyl (C=O) groups excluding carboxylic acids is 1. The van der Waals surface area contributed by atoms with Crippen molar-refractivity contribution in [3.8, 4) is 0 Å². The van der Waals surface area contributed by atoms with E-state index in [0.29, 0.717) is 13.0 Å². The summed E-state index contributed by atoms with van der Waals surface area (Å²) in [4.78, 5) is 16.8. The number of nitrogens with one attached hydrogen (secondary N) is 1. The van der Waals surface area contributed by atoms with Crippen LogP contribution in [-0.2, 0) is 11.2 Å². The maximum Gasteiger partial charge on any atom is 0.224 e. The zero-order valence-corrected chi connectivity index (χ0v) is 10.2. The van der Waals surface area contributed by atoms with Crippen LogP contribution in [0.5, 0.6) is 0 Å². The minimum atomic E-state index is 0.0143. The number of nitrogens with two attached hydrogens (primary N) is 1. The fourth-order valence-corrected chi connectivity index (χ4v) is 2.61. The molecular weight excluding hydrogens is 226 g/mol. The van der Waals surface area contributed by atoms with E-state index in [2.05, 4.69) is 17.1 Å². The molecular formula is C14H17N3O. The van der Waals surface area contributed by atoms with Gasteiger partial charge in [0.1, 0.15) is 0 Å². The number of aromatic nitrogens is 1. The lowest BCUT2D eigenvalue weighted by Crippen LogP contribution is -2.30. The van der Waals surface area contributed by atoms with Crippen LogP contribution >= 0.6 is 0 Å². The smallest absolute Gasteiger partial charge is 0.224 e. The number of nitrogens with zero attached hydrogens (tertiary/aromatic N) is 1. The number of rotatable bonds is 3. The Bertz CT molecular complexity index is 575. The van der Waals surface area contributed by atoms with Crippen LogP contribution in [-0.4, -0.2) is 34.9 Å². The molecule has 1 fully saturated rings. The Morgan fingerprint density at radius 2 is 2.22 bits per heavy atom. The number of fused-ring (bicyclic) bond motifs is 1. The van der Waals surface area contributed by atoms with E-state index in [1.165, 1.54) is 10.9 Å². The molecule has 94 valence electrons. The van der Waals surface area contributed by atoms with Crippen molar-refractivity contribution in [1.29, 1.82) is 0 Å². The third kappa shape index (κ3) is 1.99. The first-order chi connectivity index (χ1) is 8.74. The highest BCUT2D eigenvalue weighted by molar-refractivity contribution is 5.83. The standard InChI is InChI=1S/C14H17N3O/c15-11-7-14(18)17(9-11)6-5-10-8-16-13-4-2-1-3-12(10)13/h1-4,8,11,16H,5-7,9,15H2. The van der Waals surface area contributed by atoms with Gasteiger partial charge in [-0.2, -0.15) is 0 Å². The van der Waals surface area contributed by atoms with Gasteiger partial charge in [-0.25, -0.2) is 0 Å². The van der Waals surface area contributed by atoms with E-state index in [1.807, 2.05) is 23.2 Å². The monoisotopic (exact) mass is 243 g/mol. The molecule has 0 bridgehead atoms. The number of para-hydroxylation sites is 1. The second-order valence-electron chi connectivity index (χ2n) is 4.91. The van der Waals surface area contributed by atoms with E-state index in [-0.39, 0.29) is 11.9 Å². The van der Waals surface area contributed by atoms with Crippen LogP contribution in [0.15, 0.2) is 30.5 Å². The molecule has 1 saturated heterocycles. The van der Waals surface area contributed by atoms with Crippen LogP contribution in [0, 0.1) is 0 Å². The quantitative estimate of drug-likeness (QED) is 0.852. The molecule has 0 spiro atoms. The fraction of sp³-hybridized carbons (Fsp3) is 0.357. The number of likely N-dealkylation sites (tertiary alicyclic amines) is 1. The number of carbonyl (C=O) groups is 1. The summed E-state index contributed by atoms with van der Waals surface area (Å²) in [5.41, 5.74) is 8.20.